The standard InChI is InChI=1S/C18H27NO2/c1-18(8-10-21-11-9-18)13-19-17-5-3-4-14-12-15(20-2)6-7-16(14)17/h6-7,12,17,19H,3-5,8-11,13H2,1-2H3. The Morgan fingerprint density at radius 1 is 1.33 bits per heavy atom. The summed E-state index contributed by atoms with van der Waals surface area (Å²) in [7, 11) is 1.74. The third-order valence-corrected chi connectivity index (χ3v) is 5.14. The second-order valence-electron chi connectivity index (χ2n) is 6.81. The third kappa shape index (κ3) is 3.41. The van der Waals surface area contributed by atoms with E-state index >= 15 is 0 Å². The van der Waals surface area contributed by atoms with Gasteiger partial charge >= 0.3 is 0 Å². The second-order valence-corrected chi connectivity index (χ2v) is 6.81. The number of fused-ring (bicyclic) bond motifs is 1. The van der Waals surface area contributed by atoms with Crippen molar-refractivity contribution in [3.8, 4) is 5.75 Å². The van der Waals surface area contributed by atoms with Crippen LogP contribution in [-0.4, -0.2) is 26.9 Å². The van der Waals surface area contributed by atoms with Crippen LogP contribution in [0.2, 0.25) is 0 Å². The van der Waals surface area contributed by atoms with Crippen molar-refractivity contribution in [2.24, 2.45) is 5.41 Å². The zero-order valence-corrected chi connectivity index (χ0v) is 13.3. The quantitative estimate of drug-likeness (QED) is 0.920. The van der Waals surface area contributed by atoms with Gasteiger partial charge in [-0.15, -0.1) is 0 Å². The molecule has 0 saturated carbocycles. The van der Waals surface area contributed by atoms with Crippen molar-refractivity contribution in [3.05, 3.63) is 29.3 Å². The molecule has 1 atom stereocenters. The van der Waals surface area contributed by atoms with Crippen molar-refractivity contribution in [2.45, 2.75) is 45.1 Å². The summed E-state index contributed by atoms with van der Waals surface area (Å²) in [6, 6.07) is 7.05. The number of aryl methyl sites for hydroxylation is 1. The predicted octanol–water partition coefficient (Wildman–Crippen LogP) is 3.48. The number of hydrogen-bond donors (Lipinski definition) is 1. The Hall–Kier alpha value is -1.06. The van der Waals surface area contributed by atoms with E-state index < -0.39 is 0 Å². The lowest BCUT2D eigenvalue weighted by Gasteiger charge is -2.36. The van der Waals surface area contributed by atoms with Gasteiger partial charge in [0, 0.05) is 25.8 Å². The smallest absolute Gasteiger partial charge is 0.119 e. The number of hydrogen-bond acceptors (Lipinski definition) is 3. The molecule has 1 unspecified atom stereocenters. The summed E-state index contributed by atoms with van der Waals surface area (Å²) in [5.74, 6) is 0.978. The normalized spacial score (nSPS) is 24.4. The van der Waals surface area contributed by atoms with Gasteiger partial charge in [0.15, 0.2) is 0 Å². The van der Waals surface area contributed by atoms with Crippen LogP contribution < -0.4 is 10.1 Å². The minimum absolute atomic E-state index is 0.391. The molecule has 3 nitrogen and oxygen atoms in total. The molecule has 0 bridgehead atoms. The maximum absolute atomic E-state index is 5.50. The van der Waals surface area contributed by atoms with E-state index in [1.54, 1.807) is 7.11 Å². The Balaban J connectivity index is 1.67. The van der Waals surface area contributed by atoms with E-state index in [9.17, 15) is 0 Å². The number of ether oxygens (including phenoxy) is 2. The lowest BCUT2D eigenvalue weighted by atomic mass is 9.81. The molecule has 0 radical (unpaired) electrons. The van der Waals surface area contributed by atoms with Crippen LogP contribution in [-0.2, 0) is 11.2 Å². The molecular weight excluding hydrogens is 262 g/mol. The van der Waals surface area contributed by atoms with Gasteiger partial charge in [-0.3, -0.25) is 0 Å². The maximum Gasteiger partial charge on any atom is 0.119 e. The van der Waals surface area contributed by atoms with Crippen molar-refractivity contribution in [1.82, 2.24) is 5.32 Å². The number of methoxy groups -OCH3 is 1. The van der Waals surface area contributed by atoms with Gasteiger partial charge in [0.1, 0.15) is 5.75 Å². The van der Waals surface area contributed by atoms with Crippen LogP contribution >= 0.6 is 0 Å². The zero-order chi connectivity index (χ0) is 14.7. The Bertz CT molecular complexity index is 480. The number of rotatable bonds is 4. The average molecular weight is 289 g/mol. The molecular formula is C18H27NO2. The first-order valence-corrected chi connectivity index (χ1v) is 8.18. The monoisotopic (exact) mass is 289 g/mol. The van der Waals surface area contributed by atoms with Crippen LogP contribution in [0.15, 0.2) is 18.2 Å². The van der Waals surface area contributed by atoms with Crippen molar-refractivity contribution < 1.29 is 9.47 Å². The van der Waals surface area contributed by atoms with Crippen LogP contribution in [0.1, 0.15) is 49.8 Å². The summed E-state index contributed by atoms with van der Waals surface area (Å²) in [5, 5.41) is 3.83. The highest BCUT2D eigenvalue weighted by Gasteiger charge is 2.29. The highest BCUT2D eigenvalue weighted by atomic mass is 16.5. The summed E-state index contributed by atoms with van der Waals surface area (Å²) in [6.45, 7) is 5.31. The second kappa shape index (κ2) is 6.37. The Kier molecular flexibility index (Phi) is 4.51. The largest absolute Gasteiger partial charge is 0.497 e. The van der Waals surface area contributed by atoms with Crippen LogP contribution in [0.5, 0.6) is 5.75 Å². The maximum atomic E-state index is 5.50. The minimum Gasteiger partial charge on any atom is -0.497 e. The van der Waals surface area contributed by atoms with E-state index in [0.717, 1.165) is 25.5 Å². The van der Waals surface area contributed by atoms with Gasteiger partial charge in [0.2, 0.25) is 0 Å². The molecule has 1 aliphatic carbocycles. The van der Waals surface area contributed by atoms with E-state index in [0.29, 0.717) is 11.5 Å². The topological polar surface area (TPSA) is 30.5 Å². The first kappa shape index (κ1) is 14.9. The fraction of sp³-hybridized carbons (Fsp3) is 0.667. The molecule has 21 heavy (non-hydrogen) atoms. The van der Waals surface area contributed by atoms with E-state index in [4.69, 9.17) is 9.47 Å². The van der Waals surface area contributed by atoms with Gasteiger partial charge in [0.25, 0.3) is 0 Å². The van der Waals surface area contributed by atoms with E-state index in [1.165, 1.54) is 43.2 Å². The summed E-state index contributed by atoms with van der Waals surface area (Å²) in [4.78, 5) is 0. The van der Waals surface area contributed by atoms with Crippen molar-refractivity contribution in [1.29, 1.82) is 0 Å². The van der Waals surface area contributed by atoms with E-state index in [1.807, 2.05) is 0 Å². The van der Waals surface area contributed by atoms with Gasteiger partial charge in [-0.25, -0.2) is 0 Å². The molecule has 1 heterocycles. The van der Waals surface area contributed by atoms with Gasteiger partial charge in [-0.2, -0.15) is 0 Å². The molecule has 0 amide bonds. The lowest BCUT2D eigenvalue weighted by molar-refractivity contribution is 0.0226. The fourth-order valence-corrected chi connectivity index (χ4v) is 3.54. The summed E-state index contributed by atoms with van der Waals surface area (Å²) < 4.78 is 10.8. The molecule has 1 saturated heterocycles. The third-order valence-electron chi connectivity index (χ3n) is 5.14. The molecule has 3 heteroatoms. The van der Waals surface area contributed by atoms with Crippen LogP contribution in [0.3, 0.4) is 0 Å². The average Bonchev–Trinajstić information content (AvgIpc) is 2.53. The fourth-order valence-electron chi connectivity index (χ4n) is 3.54. The van der Waals surface area contributed by atoms with Crippen molar-refractivity contribution >= 4 is 0 Å². The zero-order valence-electron chi connectivity index (χ0n) is 13.3. The van der Waals surface area contributed by atoms with E-state index in [2.05, 4.69) is 30.4 Å². The molecule has 116 valence electrons. The molecule has 0 aromatic heterocycles. The minimum atomic E-state index is 0.391. The highest BCUT2D eigenvalue weighted by Crippen LogP contribution is 2.34. The Labute approximate surface area is 128 Å². The SMILES string of the molecule is COc1ccc2c(c1)CCCC2NCC1(C)CCOCC1. The first-order valence-electron chi connectivity index (χ1n) is 8.18. The molecule has 1 aromatic carbocycles. The van der Waals surface area contributed by atoms with E-state index in [-0.39, 0.29) is 0 Å². The Morgan fingerprint density at radius 3 is 2.90 bits per heavy atom. The van der Waals surface area contributed by atoms with Crippen LogP contribution in [0, 0.1) is 5.41 Å². The molecule has 1 aliphatic heterocycles. The first-order chi connectivity index (χ1) is 10.2. The van der Waals surface area contributed by atoms with Crippen LogP contribution in [0.4, 0.5) is 0 Å². The van der Waals surface area contributed by atoms with Crippen LogP contribution in [0.25, 0.3) is 0 Å². The van der Waals surface area contributed by atoms with Crippen molar-refractivity contribution in [2.75, 3.05) is 26.9 Å². The van der Waals surface area contributed by atoms with Gasteiger partial charge in [0.05, 0.1) is 7.11 Å². The lowest BCUT2D eigenvalue weighted by Crippen LogP contribution is -2.39. The highest BCUT2D eigenvalue weighted by molar-refractivity contribution is 5.39. The number of benzene rings is 1. The molecule has 3 rings (SSSR count). The van der Waals surface area contributed by atoms with Gasteiger partial charge in [-0.05, 0) is 60.8 Å². The van der Waals surface area contributed by atoms with Gasteiger partial charge < -0.3 is 14.8 Å². The van der Waals surface area contributed by atoms with Gasteiger partial charge in [-0.1, -0.05) is 13.0 Å². The summed E-state index contributed by atoms with van der Waals surface area (Å²) in [6.07, 6.45) is 6.02. The molecule has 1 fully saturated rings. The molecule has 1 aromatic rings. The van der Waals surface area contributed by atoms with Crippen molar-refractivity contribution in [3.63, 3.8) is 0 Å². The molecule has 2 aliphatic rings. The number of nitrogens with one attached hydrogen (secondary N) is 1. The molecule has 1 N–H and O–H groups in total. The molecule has 0 spiro atoms. The summed E-state index contributed by atoms with van der Waals surface area (Å²) in [5.41, 5.74) is 3.32. The Morgan fingerprint density at radius 2 is 2.14 bits per heavy atom. The predicted molar refractivity (Wildman–Crippen MR) is 84.8 cm³/mol. The summed E-state index contributed by atoms with van der Waals surface area (Å²) >= 11 is 0.